The molecule has 0 amide bonds. The lowest BCUT2D eigenvalue weighted by atomic mass is 10.0. The minimum atomic E-state index is 1.05. The summed E-state index contributed by atoms with van der Waals surface area (Å²) in [6.07, 6.45) is 6.40. The Labute approximate surface area is 50.6 Å². The molecule has 0 spiro atoms. The largest absolute Gasteiger partial charge is 0.0850 e. The monoisotopic (exact) mass is 107 g/mol. The van der Waals surface area contributed by atoms with Crippen LogP contribution in [0.25, 0.3) is 0 Å². The maximum atomic E-state index is 3.94. The van der Waals surface area contributed by atoms with E-state index in [0.717, 1.165) is 11.8 Å². The lowest BCUT2D eigenvalue weighted by Gasteiger charge is -2.04. The van der Waals surface area contributed by atoms with Crippen molar-refractivity contribution in [3.05, 3.63) is 18.6 Å². The van der Waals surface area contributed by atoms with Gasteiger partial charge < -0.3 is 0 Å². The molecular formula is C8H11. The molecule has 0 N–H and O–H groups in total. The maximum Gasteiger partial charge on any atom is -0.0283 e. The first-order valence-corrected chi connectivity index (χ1v) is 3.37. The van der Waals surface area contributed by atoms with Crippen LogP contribution in [0.15, 0.2) is 11.6 Å². The van der Waals surface area contributed by atoms with Gasteiger partial charge in [0.1, 0.15) is 0 Å². The van der Waals surface area contributed by atoms with Gasteiger partial charge in [0.05, 0.1) is 0 Å². The number of fused-ring (bicyclic) bond motifs is 1. The molecule has 2 aliphatic rings. The van der Waals surface area contributed by atoms with Crippen LogP contribution in [0.4, 0.5) is 0 Å². The summed E-state index contributed by atoms with van der Waals surface area (Å²) in [4.78, 5) is 0. The maximum absolute atomic E-state index is 3.94. The predicted molar refractivity (Wildman–Crippen MR) is 34.3 cm³/mol. The average Bonchev–Trinajstić information content (AvgIpc) is 2.43. The van der Waals surface area contributed by atoms with Crippen molar-refractivity contribution in [2.75, 3.05) is 0 Å². The first kappa shape index (κ1) is 4.60. The van der Waals surface area contributed by atoms with Crippen LogP contribution in [0, 0.1) is 18.8 Å². The van der Waals surface area contributed by atoms with Crippen molar-refractivity contribution in [1.82, 2.24) is 0 Å². The predicted octanol–water partition coefficient (Wildman–Crippen LogP) is 2.18. The van der Waals surface area contributed by atoms with Gasteiger partial charge in [-0.05, 0) is 38.0 Å². The van der Waals surface area contributed by atoms with Crippen molar-refractivity contribution >= 4 is 0 Å². The first-order valence-electron chi connectivity index (χ1n) is 3.37. The van der Waals surface area contributed by atoms with Gasteiger partial charge in [-0.1, -0.05) is 11.6 Å². The van der Waals surface area contributed by atoms with Gasteiger partial charge >= 0.3 is 0 Å². The van der Waals surface area contributed by atoms with Crippen LogP contribution >= 0.6 is 0 Å². The van der Waals surface area contributed by atoms with Crippen LogP contribution in [0.2, 0.25) is 0 Å². The zero-order valence-electron chi connectivity index (χ0n) is 5.06. The Kier molecular flexibility index (Phi) is 0.787. The number of rotatable bonds is 0. The van der Waals surface area contributed by atoms with Gasteiger partial charge in [0.25, 0.3) is 0 Å². The third-order valence-electron chi connectivity index (χ3n) is 2.30. The molecule has 8 heavy (non-hydrogen) atoms. The summed E-state index contributed by atoms with van der Waals surface area (Å²) in [7, 11) is 0. The molecule has 0 nitrogen and oxygen atoms in total. The molecule has 0 heteroatoms. The quantitative estimate of drug-likeness (QED) is 0.445. The highest BCUT2D eigenvalue weighted by molar-refractivity contribution is 5.15. The average molecular weight is 107 g/mol. The van der Waals surface area contributed by atoms with Crippen molar-refractivity contribution in [1.29, 1.82) is 0 Å². The number of hydrogen-bond acceptors (Lipinski definition) is 0. The van der Waals surface area contributed by atoms with E-state index in [1.54, 1.807) is 0 Å². The molecule has 43 valence electrons. The highest BCUT2D eigenvalue weighted by Crippen LogP contribution is 2.48. The molecule has 0 aromatic carbocycles. The van der Waals surface area contributed by atoms with Gasteiger partial charge in [-0.15, -0.1) is 0 Å². The molecule has 2 rings (SSSR count). The molecule has 0 heterocycles. The van der Waals surface area contributed by atoms with Crippen LogP contribution in [0.3, 0.4) is 0 Å². The smallest absolute Gasteiger partial charge is 0.0283 e. The summed E-state index contributed by atoms with van der Waals surface area (Å²) in [5, 5.41) is 0. The Morgan fingerprint density at radius 1 is 1.50 bits per heavy atom. The minimum Gasteiger partial charge on any atom is -0.0850 e. The Bertz CT molecular complexity index is 133. The first-order chi connectivity index (χ1) is 3.86. The normalized spacial score (nSPS) is 42.9. The van der Waals surface area contributed by atoms with Crippen molar-refractivity contribution in [2.24, 2.45) is 11.8 Å². The molecule has 2 aliphatic carbocycles. The van der Waals surface area contributed by atoms with Crippen molar-refractivity contribution in [2.45, 2.75) is 19.3 Å². The fourth-order valence-electron chi connectivity index (χ4n) is 1.59. The SMILES string of the molecule is [CH2]C1=CCC2CC2C1. The fourth-order valence-corrected chi connectivity index (χ4v) is 1.59. The molecule has 1 saturated carbocycles. The molecule has 0 aliphatic heterocycles. The van der Waals surface area contributed by atoms with Crippen molar-refractivity contribution in [3.8, 4) is 0 Å². The van der Waals surface area contributed by atoms with E-state index in [4.69, 9.17) is 0 Å². The summed E-state index contributed by atoms with van der Waals surface area (Å²) < 4.78 is 0. The summed E-state index contributed by atoms with van der Waals surface area (Å²) in [6.45, 7) is 3.94. The van der Waals surface area contributed by atoms with Crippen molar-refractivity contribution < 1.29 is 0 Å². The van der Waals surface area contributed by atoms with Gasteiger partial charge in [0, 0.05) is 0 Å². The molecule has 0 bridgehead atoms. The Hall–Kier alpha value is -0.260. The zero-order chi connectivity index (χ0) is 5.56. The summed E-state index contributed by atoms with van der Waals surface area (Å²) in [6, 6.07) is 0. The van der Waals surface area contributed by atoms with E-state index in [2.05, 4.69) is 13.0 Å². The summed E-state index contributed by atoms with van der Waals surface area (Å²) in [5.74, 6) is 2.12. The van der Waals surface area contributed by atoms with Crippen LogP contribution in [0.5, 0.6) is 0 Å². The van der Waals surface area contributed by atoms with Gasteiger partial charge in [-0.2, -0.15) is 0 Å². The van der Waals surface area contributed by atoms with E-state index in [-0.39, 0.29) is 0 Å². The van der Waals surface area contributed by atoms with E-state index in [9.17, 15) is 0 Å². The van der Waals surface area contributed by atoms with E-state index in [0.29, 0.717) is 0 Å². The standard InChI is InChI=1S/C8H11/c1-6-2-3-7-5-8(7)4-6/h2,7-8H,1,3-5H2. The molecule has 0 aromatic heterocycles. The molecule has 2 unspecified atom stereocenters. The fraction of sp³-hybridized carbons (Fsp3) is 0.625. The molecule has 0 aromatic rings. The van der Waals surface area contributed by atoms with E-state index < -0.39 is 0 Å². The van der Waals surface area contributed by atoms with Crippen LogP contribution in [0.1, 0.15) is 19.3 Å². The topological polar surface area (TPSA) is 0 Å². The summed E-state index contributed by atoms with van der Waals surface area (Å²) in [5.41, 5.74) is 1.38. The number of allylic oxidation sites excluding steroid dienone is 2. The van der Waals surface area contributed by atoms with Crippen LogP contribution in [-0.4, -0.2) is 0 Å². The Morgan fingerprint density at radius 2 is 2.38 bits per heavy atom. The molecule has 1 fully saturated rings. The molecule has 0 saturated heterocycles. The van der Waals surface area contributed by atoms with Gasteiger partial charge in [-0.3, -0.25) is 0 Å². The van der Waals surface area contributed by atoms with E-state index in [1.165, 1.54) is 24.8 Å². The Balaban J connectivity index is 2.10. The second-order valence-electron chi connectivity index (χ2n) is 3.06. The third-order valence-corrected chi connectivity index (χ3v) is 2.30. The second kappa shape index (κ2) is 1.37. The van der Waals surface area contributed by atoms with Crippen molar-refractivity contribution in [3.63, 3.8) is 0 Å². The second-order valence-corrected chi connectivity index (χ2v) is 3.06. The van der Waals surface area contributed by atoms with Crippen LogP contribution < -0.4 is 0 Å². The van der Waals surface area contributed by atoms with E-state index in [1.807, 2.05) is 0 Å². The lowest BCUT2D eigenvalue weighted by molar-refractivity contribution is 0.672. The molecule has 1 radical (unpaired) electrons. The highest BCUT2D eigenvalue weighted by Gasteiger charge is 2.37. The zero-order valence-corrected chi connectivity index (χ0v) is 5.06. The van der Waals surface area contributed by atoms with Gasteiger partial charge in [0.2, 0.25) is 0 Å². The minimum absolute atomic E-state index is 1.05. The summed E-state index contributed by atoms with van der Waals surface area (Å²) >= 11 is 0. The van der Waals surface area contributed by atoms with Gasteiger partial charge in [0.15, 0.2) is 0 Å². The number of hydrogen-bond donors (Lipinski definition) is 0. The van der Waals surface area contributed by atoms with Gasteiger partial charge in [-0.25, -0.2) is 0 Å². The highest BCUT2D eigenvalue weighted by atomic mass is 14.4. The molecular weight excluding hydrogens is 96.1 g/mol. The molecule has 2 atom stereocenters. The van der Waals surface area contributed by atoms with Crippen LogP contribution in [-0.2, 0) is 0 Å². The lowest BCUT2D eigenvalue weighted by Crippen LogP contribution is -1.90. The van der Waals surface area contributed by atoms with E-state index >= 15 is 0 Å². The Morgan fingerprint density at radius 3 is 3.00 bits per heavy atom. The third kappa shape index (κ3) is 0.594.